The maximum atomic E-state index is 12.6. The van der Waals surface area contributed by atoms with Crippen LogP contribution >= 0.6 is 0 Å². The number of esters is 1. The molecule has 3 heterocycles. The number of hydrogen-bond acceptors (Lipinski definition) is 16. The lowest BCUT2D eigenvalue weighted by Crippen LogP contribution is -3.00. The quantitative estimate of drug-likeness (QED) is 0.126. The number of hydrogen-bond donors (Lipinski definition) is 12. The van der Waals surface area contributed by atoms with E-state index in [1.807, 2.05) is 31.2 Å². The highest BCUT2D eigenvalue weighted by Crippen LogP contribution is 2.38. The summed E-state index contributed by atoms with van der Waals surface area (Å²) in [6.45, 7) is 6.79. The molecule has 66 heavy (non-hydrogen) atoms. The number of carboxylic acids is 1. The van der Waals surface area contributed by atoms with Gasteiger partial charge in [0.25, 0.3) is 0 Å². The number of quaternary nitrogens is 1. The van der Waals surface area contributed by atoms with E-state index in [-0.39, 0.29) is 44.0 Å². The van der Waals surface area contributed by atoms with Gasteiger partial charge in [-0.25, -0.2) is 0 Å². The first-order valence-electron chi connectivity index (χ1n) is 22.4. The van der Waals surface area contributed by atoms with Crippen molar-refractivity contribution < 1.29 is 103 Å². The third-order valence-corrected chi connectivity index (χ3v) is 12.1. The summed E-state index contributed by atoms with van der Waals surface area (Å²) >= 11 is 0. The highest BCUT2D eigenvalue weighted by molar-refractivity contribution is 5.71. The van der Waals surface area contributed by atoms with Crippen molar-refractivity contribution in [1.29, 1.82) is 0 Å². The number of rotatable bonds is 3. The van der Waals surface area contributed by atoms with Crippen molar-refractivity contribution in [2.45, 2.75) is 177 Å². The first-order valence-corrected chi connectivity index (χ1v) is 22.4. The minimum Gasteiger partial charge on any atom is -1.00 e. The van der Waals surface area contributed by atoms with Gasteiger partial charge in [0.2, 0.25) is 0 Å². The molecule has 3 aliphatic heterocycles. The smallest absolute Gasteiger partial charge is 0.311 e. The molecular formula is C47H74ClNO17. The maximum absolute atomic E-state index is 12.6. The van der Waals surface area contributed by atoms with Crippen LogP contribution < -0.4 is 18.1 Å². The second kappa shape index (κ2) is 29.0. The highest BCUT2D eigenvalue weighted by Gasteiger charge is 2.51. The van der Waals surface area contributed by atoms with Gasteiger partial charge >= 0.3 is 11.9 Å². The van der Waals surface area contributed by atoms with Crippen molar-refractivity contribution in [3.05, 3.63) is 85.1 Å². The summed E-state index contributed by atoms with van der Waals surface area (Å²) in [7, 11) is 0. The van der Waals surface area contributed by atoms with Gasteiger partial charge in [-0.15, -0.1) is 0 Å². The average molecular weight is 961 g/mol. The fourth-order valence-corrected chi connectivity index (χ4v) is 8.02. The van der Waals surface area contributed by atoms with Crippen LogP contribution in [-0.2, 0) is 28.5 Å². The van der Waals surface area contributed by atoms with E-state index in [1.165, 1.54) is 6.08 Å². The Morgan fingerprint density at radius 2 is 1.23 bits per heavy atom. The molecular weight excluding hydrogens is 886 g/mol. The summed E-state index contributed by atoms with van der Waals surface area (Å²) < 4.78 is 23.2. The van der Waals surface area contributed by atoms with Crippen LogP contribution in [-0.4, -0.2) is 166 Å². The lowest BCUT2D eigenvalue weighted by atomic mass is 9.82. The average Bonchev–Trinajstić information content (AvgIpc) is 3.21. The number of fused-ring (bicyclic) bond motifs is 2. The van der Waals surface area contributed by atoms with Gasteiger partial charge in [0.1, 0.15) is 24.2 Å². The van der Waals surface area contributed by atoms with Gasteiger partial charge in [-0.1, -0.05) is 98.9 Å². The first-order chi connectivity index (χ1) is 30.6. The molecule has 376 valence electrons. The van der Waals surface area contributed by atoms with Crippen LogP contribution in [0.25, 0.3) is 0 Å². The van der Waals surface area contributed by atoms with Crippen molar-refractivity contribution in [2.24, 2.45) is 17.8 Å². The summed E-state index contributed by atoms with van der Waals surface area (Å²) in [6, 6.07) is -0.898. The Labute approximate surface area is 393 Å². The van der Waals surface area contributed by atoms with E-state index in [4.69, 9.17) is 18.9 Å². The summed E-state index contributed by atoms with van der Waals surface area (Å²) in [5.41, 5.74) is 3.82. The number of carbonyl (C=O) groups excluding carboxylic acids is 1. The number of carbonyl (C=O) groups is 2. The number of aliphatic carboxylic acids is 1. The second-order valence-electron chi connectivity index (χ2n) is 17.7. The maximum Gasteiger partial charge on any atom is 0.311 e. The molecule has 0 spiro atoms. The molecule has 18 nitrogen and oxygen atoms in total. The fourth-order valence-electron chi connectivity index (χ4n) is 8.02. The summed E-state index contributed by atoms with van der Waals surface area (Å²) in [5.74, 6) is -6.79. The SMILES string of the molecule is CC1/C=C/C=C/C=C/C=C/C=C/C=C/C=C/C(OC2OC(C)C(O)C([NH3+])C2O)CC2OC(O)(CC(O)CC(O)C(O)CCC(O)CC(O)CC(=O)OC(C)C(C)C1O)CC(O)C2C(=O)O.[Cl-]. The third-order valence-electron chi connectivity index (χ3n) is 12.1. The lowest BCUT2D eigenvalue weighted by Gasteiger charge is -2.45. The molecule has 0 amide bonds. The van der Waals surface area contributed by atoms with Gasteiger partial charge in [-0.3, -0.25) is 9.59 Å². The van der Waals surface area contributed by atoms with Crippen LogP contribution in [0.2, 0.25) is 0 Å². The zero-order valence-corrected chi connectivity index (χ0v) is 38.8. The Hall–Kier alpha value is -3.15. The molecule has 0 aromatic carbocycles. The van der Waals surface area contributed by atoms with Crippen LogP contribution in [0.15, 0.2) is 85.1 Å². The van der Waals surface area contributed by atoms with E-state index in [1.54, 1.807) is 75.5 Å². The van der Waals surface area contributed by atoms with Gasteiger partial charge in [-0.05, 0) is 33.1 Å². The zero-order chi connectivity index (χ0) is 48.4. The topological polar surface area (TPSA) is 321 Å². The van der Waals surface area contributed by atoms with Gasteiger partial charge in [-0.2, -0.15) is 0 Å². The number of aliphatic hydroxyl groups excluding tert-OH is 9. The number of carboxylic acid groups (broad SMARTS) is 1. The standard InChI is InChI=1S/C47H73NO17.ClH/c1-27-17-15-13-11-9-7-5-6-8-10-12-14-16-18-34(64-46-44(58)41(48)43(57)30(4)63-46)24-38-40(45(59)60)37(54)26-47(61,65-38)25-33(51)22-36(53)35(52)20-19-31(49)21-32(50)23-39(55)62-29(3)28(2)42(27)56;/h5-18,27-38,40-44,46,49-54,56-58,61H,19-26,48H2,1-4H3,(H,59,60);1H/b6-5+,9-7+,10-8+,13-11+,14-12+,17-15+,18-16+;. The van der Waals surface area contributed by atoms with E-state index in [2.05, 4.69) is 5.73 Å². The first kappa shape index (κ1) is 59.0. The van der Waals surface area contributed by atoms with Crippen molar-refractivity contribution >= 4 is 11.9 Å². The van der Waals surface area contributed by atoms with E-state index >= 15 is 0 Å². The highest BCUT2D eigenvalue weighted by atomic mass is 35.5. The van der Waals surface area contributed by atoms with E-state index < -0.39 is 147 Å². The van der Waals surface area contributed by atoms with Crippen molar-refractivity contribution in [3.63, 3.8) is 0 Å². The van der Waals surface area contributed by atoms with Gasteiger partial charge in [0.15, 0.2) is 18.2 Å². The summed E-state index contributed by atoms with van der Waals surface area (Å²) in [4.78, 5) is 25.1. The Kier molecular flexibility index (Phi) is 25.9. The number of allylic oxidation sites excluding steroid dienone is 12. The van der Waals surface area contributed by atoms with Crippen LogP contribution in [0.3, 0.4) is 0 Å². The minimum absolute atomic E-state index is 0. The molecule has 19 unspecified atom stereocenters. The molecule has 3 rings (SSSR count). The molecule has 19 heteroatoms. The van der Waals surface area contributed by atoms with Crippen molar-refractivity contribution in [1.82, 2.24) is 0 Å². The molecule has 19 atom stereocenters. The van der Waals surface area contributed by atoms with E-state index in [0.29, 0.717) is 0 Å². The number of cyclic esters (lactones) is 1. The lowest BCUT2D eigenvalue weighted by molar-refractivity contribution is -0.488. The van der Waals surface area contributed by atoms with Gasteiger partial charge in [0, 0.05) is 37.5 Å². The second-order valence-corrected chi connectivity index (χ2v) is 17.7. The molecule has 0 aromatic rings. The number of halogens is 1. The third kappa shape index (κ3) is 19.5. The molecule has 3 aliphatic rings. The van der Waals surface area contributed by atoms with Crippen molar-refractivity contribution in [3.8, 4) is 0 Å². The van der Waals surface area contributed by atoms with Gasteiger partial charge in [0.05, 0.1) is 67.5 Å². The monoisotopic (exact) mass is 959 g/mol. The molecule has 0 aromatic heterocycles. The molecule has 14 N–H and O–H groups in total. The molecule has 2 fully saturated rings. The van der Waals surface area contributed by atoms with Crippen molar-refractivity contribution in [2.75, 3.05) is 0 Å². The Morgan fingerprint density at radius 3 is 1.80 bits per heavy atom. The minimum atomic E-state index is -2.32. The molecule has 0 radical (unpaired) electrons. The Balaban J connectivity index is 0.0000150. The van der Waals surface area contributed by atoms with Crippen LogP contribution in [0.5, 0.6) is 0 Å². The predicted molar refractivity (Wildman–Crippen MR) is 236 cm³/mol. The normalized spacial score (nSPS) is 44.8. The molecule has 0 saturated carbocycles. The molecule has 2 saturated heterocycles. The summed E-state index contributed by atoms with van der Waals surface area (Å²) in [6.07, 6.45) is 4.05. The number of aliphatic hydroxyl groups is 10. The zero-order valence-electron chi connectivity index (χ0n) is 38.1. The molecule has 2 bridgehead atoms. The molecule has 0 aliphatic carbocycles. The van der Waals surface area contributed by atoms with Gasteiger partial charge < -0.3 is 93.3 Å². The largest absolute Gasteiger partial charge is 1.00 e. The fraction of sp³-hybridized carbons (Fsp3) is 0.660. The Bertz CT molecular complexity index is 1670. The van der Waals surface area contributed by atoms with Crippen LogP contribution in [0.1, 0.15) is 79.1 Å². The Morgan fingerprint density at radius 1 is 0.667 bits per heavy atom. The van der Waals surface area contributed by atoms with Crippen LogP contribution in [0.4, 0.5) is 0 Å². The van der Waals surface area contributed by atoms with Crippen LogP contribution in [0, 0.1) is 17.8 Å². The number of ether oxygens (including phenoxy) is 4. The predicted octanol–water partition coefficient (Wildman–Crippen LogP) is -3.00. The van der Waals surface area contributed by atoms with E-state index in [0.717, 1.165) is 0 Å². The summed E-state index contributed by atoms with van der Waals surface area (Å²) in [5, 5.41) is 118. The van der Waals surface area contributed by atoms with E-state index in [9.17, 15) is 65.8 Å².